The van der Waals surface area contributed by atoms with Crippen LogP contribution in [0.1, 0.15) is 35.8 Å². The summed E-state index contributed by atoms with van der Waals surface area (Å²) < 4.78 is 8.57. The van der Waals surface area contributed by atoms with Crippen molar-refractivity contribution in [3.05, 3.63) is 51.7 Å². The predicted octanol–water partition coefficient (Wildman–Crippen LogP) is 2.46. The highest BCUT2D eigenvalue weighted by Gasteiger charge is 2.23. The van der Waals surface area contributed by atoms with Gasteiger partial charge in [0.1, 0.15) is 16.9 Å². The van der Waals surface area contributed by atoms with E-state index < -0.39 is 0 Å². The van der Waals surface area contributed by atoms with Crippen molar-refractivity contribution < 1.29 is 0 Å². The molecule has 3 aromatic rings. The minimum Gasteiger partial charge on any atom is -0.311 e. The molecule has 1 atom stereocenters. The number of aromatic nitrogens is 4. The van der Waals surface area contributed by atoms with Crippen LogP contribution in [0.3, 0.4) is 0 Å². The van der Waals surface area contributed by atoms with Gasteiger partial charge in [-0.3, -0.25) is 9.69 Å². The number of hydrogen-bond acceptors (Lipinski definition) is 6. The molecule has 0 radical (unpaired) electrons. The molecule has 1 aliphatic rings. The first-order valence-corrected chi connectivity index (χ1v) is 8.92. The largest absolute Gasteiger partial charge is 0.311 e. The van der Waals surface area contributed by atoms with Gasteiger partial charge in [-0.25, -0.2) is 4.98 Å². The summed E-state index contributed by atoms with van der Waals surface area (Å²) in [6, 6.07) is 7.94. The van der Waals surface area contributed by atoms with Gasteiger partial charge in [-0.1, -0.05) is 6.07 Å². The van der Waals surface area contributed by atoms with Crippen molar-refractivity contribution in [2.24, 2.45) is 0 Å². The van der Waals surface area contributed by atoms with Gasteiger partial charge in [0.05, 0.1) is 17.4 Å². The number of benzene rings is 1. The minimum atomic E-state index is -0.0592. The lowest BCUT2D eigenvalue weighted by Gasteiger charge is -2.32. The average Bonchev–Trinajstić information content (AvgIpc) is 3.02. The van der Waals surface area contributed by atoms with Crippen molar-refractivity contribution in [3.8, 4) is 0 Å². The summed E-state index contributed by atoms with van der Waals surface area (Å²) in [6.07, 6.45) is 2.21. The molecule has 24 heavy (non-hydrogen) atoms. The zero-order valence-corrected chi connectivity index (χ0v) is 14.3. The fraction of sp³-hybridized carbons (Fsp3) is 0.412. The first kappa shape index (κ1) is 15.4. The second-order valence-electron chi connectivity index (χ2n) is 6.42. The lowest BCUT2D eigenvalue weighted by Crippen LogP contribution is -2.34. The molecule has 3 heterocycles. The van der Waals surface area contributed by atoms with Gasteiger partial charge < -0.3 is 4.98 Å². The van der Waals surface area contributed by atoms with E-state index in [1.165, 1.54) is 17.3 Å². The van der Waals surface area contributed by atoms with Crippen LogP contribution in [0.4, 0.5) is 0 Å². The van der Waals surface area contributed by atoms with Crippen LogP contribution < -0.4 is 5.56 Å². The van der Waals surface area contributed by atoms with Gasteiger partial charge in [0.15, 0.2) is 0 Å². The molecule has 7 heteroatoms. The summed E-state index contributed by atoms with van der Waals surface area (Å²) in [4.78, 5) is 21.4. The van der Waals surface area contributed by atoms with E-state index in [-0.39, 0.29) is 5.56 Å². The molecule has 0 amide bonds. The Hall–Kier alpha value is -2.12. The molecule has 1 aromatic carbocycles. The zero-order valence-electron chi connectivity index (χ0n) is 13.5. The number of likely N-dealkylation sites (tertiary alicyclic amines) is 1. The van der Waals surface area contributed by atoms with Crippen molar-refractivity contribution in [2.75, 3.05) is 13.1 Å². The molecular weight excluding hydrogens is 322 g/mol. The van der Waals surface area contributed by atoms with Crippen molar-refractivity contribution in [3.63, 3.8) is 0 Å². The van der Waals surface area contributed by atoms with Crippen molar-refractivity contribution >= 4 is 22.8 Å². The van der Waals surface area contributed by atoms with E-state index in [0.717, 1.165) is 49.2 Å². The molecule has 1 unspecified atom stereocenters. The topological polar surface area (TPSA) is 74.8 Å². The Balaban J connectivity index is 1.50. The highest BCUT2D eigenvalue weighted by Crippen LogP contribution is 2.26. The summed E-state index contributed by atoms with van der Waals surface area (Å²) in [5.74, 6) is 1.01. The Morgan fingerprint density at radius 2 is 2.17 bits per heavy atom. The van der Waals surface area contributed by atoms with E-state index in [2.05, 4.69) is 35.7 Å². The lowest BCUT2D eigenvalue weighted by molar-refractivity contribution is 0.198. The maximum Gasteiger partial charge on any atom is 0.251 e. The number of rotatable bonds is 3. The number of aromatic amines is 1. The van der Waals surface area contributed by atoms with Crippen LogP contribution >= 0.6 is 11.7 Å². The van der Waals surface area contributed by atoms with Gasteiger partial charge in [-0.2, -0.15) is 8.75 Å². The van der Waals surface area contributed by atoms with Crippen molar-refractivity contribution in [1.82, 2.24) is 23.6 Å². The van der Waals surface area contributed by atoms with Crippen LogP contribution in [0.25, 0.3) is 11.0 Å². The monoisotopic (exact) mass is 341 g/mol. The van der Waals surface area contributed by atoms with Crippen LogP contribution in [-0.2, 0) is 6.54 Å². The second kappa shape index (κ2) is 6.41. The number of hydrogen-bond donors (Lipinski definition) is 1. The van der Waals surface area contributed by atoms with Crippen LogP contribution in [0.2, 0.25) is 0 Å². The molecule has 1 saturated heterocycles. The number of H-pyrrole nitrogens is 1. The first-order valence-electron chi connectivity index (χ1n) is 8.19. The standard InChI is InChI=1S/C17H19N5OS/c1-11-18-15(8-17(23)19-11)13-3-2-6-22(10-13)9-12-4-5-14-16(7-12)21-24-20-14/h4-5,7-8,13H,2-3,6,9-10H2,1H3,(H,18,19,23). The summed E-state index contributed by atoms with van der Waals surface area (Å²) in [5.41, 5.74) is 4.04. The normalized spacial score (nSPS) is 19.0. The fourth-order valence-corrected chi connectivity index (χ4v) is 3.95. The molecule has 0 bridgehead atoms. The van der Waals surface area contributed by atoms with E-state index >= 15 is 0 Å². The second-order valence-corrected chi connectivity index (χ2v) is 6.95. The van der Waals surface area contributed by atoms with Gasteiger partial charge in [-0.05, 0) is 44.0 Å². The van der Waals surface area contributed by atoms with Crippen molar-refractivity contribution in [1.29, 1.82) is 0 Å². The molecule has 1 N–H and O–H groups in total. The third kappa shape index (κ3) is 3.22. The Morgan fingerprint density at radius 3 is 3.04 bits per heavy atom. The van der Waals surface area contributed by atoms with Crippen LogP contribution in [0.15, 0.2) is 29.1 Å². The molecule has 4 rings (SSSR count). The van der Waals surface area contributed by atoms with Crippen LogP contribution in [0, 0.1) is 6.92 Å². The maximum atomic E-state index is 11.7. The molecular formula is C17H19N5OS. The Kier molecular flexibility index (Phi) is 4.12. The first-order chi connectivity index (χ1) is 11.7. The molecule has 0 aliphatic carbocycles. The van der Waals surface area contributed by atoms with Gasteiger partial charge in [-0.15, -0.1) is 0 Å². The van der Waals surface area contributed by atoms with E-state index in [1.807, 2.05) is 13.0 Å². The number of piperidine rings is 1. The Morgan fingerprint density at radius 1 is 1.29 bits per heavy atom. The number of fused-ring (bicyclic) bond motifs is 1. The molecule has 0 saturated carbocycles. The van der Waals surface area contributed by atoms with E-state index in [1.54, 1.807) is 6.07 Å². The van der Waals surface area contributed by atoms with E-state index in [4.69, 9.17) is 0 Å². The maximum absolute atomic E-state index is 11.7. The number of aryl methyl sites for hydroxylation is 1. The van der Waals surface area contributed by atoms with Gasteiger partial charge in [0.2, 0.25) is 0 Å². The third-order valence-electron chi connectivity index (χ3n) is 4.53. The molecule has 1 fully saturated rings. The SMILES string of the molecule is Cc1nc(C2CCCN(Cc3ccc4nsnc4c3)C2)cc(=O)[nH]1. The number of nitrogens with one attached hydrogen (secondary N) is 1. The summed E-state index contributed by atoms with van der Waals surface area (Å²) in [5, 5.41) is 0. The zero-order chi connectivity index (χ0) is 16.5. The predicted molar refractivity (Wildman–Crippen MR) is 94.3 cm³/mol. The molecule has 1 aliphatic heterocycles. The number of nitrogens with zero attached hydrogens (tertiary/aromatic N) is 4. The Bertz CT molecular complexity index is 918. The summed E-state index contributed by atoms with van der Waals surface area (Å²) >= 11 is 1.25. The van der Waals surface area contributed by atoms with Gasteiger partial charge in [0.25, 0.3) is 5.56 Å². The fourth-order valence-electron chi connectivity index (χ4n) is 3.44. The summed E-state index contributed by atoms with van der Waals surface area (Å²) in [7, 11) is 0. The van der Waals surface area contributed by atoms with E-state index in [9.17, 15) is 4.79 Å². The van der Waals surface area contributed by atoms with Crippen molar-refractivity contribution in [2.45, 2.75) is 32.2 Å². The lowest BCUT2D eigenvalue weighted by atomic mass is 9.94. The van der Waals surface area contributed by atoms with Gasteiger partial charge >= 0.3 is 0 Å². The molecule has 6 nitrogen and oxygen atoms in total. The highest BCUT2D eigenvalue weighted by molar-refractivity contribution is 7.00. The minimum absolute atomic E-state index is 0.0592. The highest BCUT2D eigenvalue weighted by atomic mass is 32.1. The van der Waals surface area contributed by atoms with Gasteiger partial charge in [0, 0.05) is 25.1 Å². The third-order valence-corrected chi connectivity index (χ3v) is 5.08. The molecule has 124 valence electrons. The Labute approximate surface area is 143 Å². The van der Waals surface area contributed by atoms with Crippen LogP contribution in [-0.4, -0.2) is 36.7 Å². The molecule has 2 aromatic heterocycles. The summed E-state index contributed by atoms with van der Waals surface area (Å²) in [6.45, 7) is 4.74. The smallest absolute Gasteiger partial charge is 0.251 e. The van der Waals surface area contributed by atoms with Crippen LogP contribution in [0.5, 0.6) is 0 Å². The molecule has 0 spiro atoms. The average molecular weight is 341 g/mol. The van der Waals surface area contributed by atoms with E-state index in [0.29, 0.717) is 11.7 Å². The quantitative estimate of drug-likeness (QED) is 0.792.